The van der Waals surface area contributed by atoms with Gasteiger partial charge < -0.3 is 15.1 Å². The van der Waals surface area contributed by atoms with Crippen LogP contribution in [0.5, 0.6) is 0 Å². The molecule has 2 aromatic rings. The smallest absolute Gasteiger partial charge is 0.193 e. The van der Waals surface area contributed by atoms with Gasteiger partial charge in [0.15, 0.2) is 5.96 Å². The average molecular weight is 454 g/mol. The van der Waals surface area contributed by atoms with Crippen LogP contribution in [0.15, 0.2) is 47.7 Å². The van der Waals surface area contributed by atoms with E-state index in [1.807, 2.05) is 17.9 Å². The average Bonchev–Trinajstić information content (AvgIpc) is 3.05. The molecular weight excluding hydrogens is 427 g/mol. The van der Waals surface area contributed by atoms with Crippen molar-refractivity contribution in [2.45, 2.75) is 13.5 Å². The van der Waals surface area contributed by atoms with Crippen LogP contribution in [-0.4, -0.2) is 60.4 Å². The number of rotatable bonds is 4. The molecule has 0 bridgehead atoms. The van der Waals surface area contributed by atoms with Gasteiger partial charge in [-0.05, 0) is 24.6 Å². The van der Waals surface area contributed by atoms with E-state index in [0.717, 1.165) is 45.2 Å². The summed E-state index contributed by atoms with van der Waals surface area (Å²) in [5.74, 6) is 0.978. The van der Waals surface area contributed by atoms with E-state index >= 15 is 0 Å². The zero-order valence-electron chi connectivity index (χ0n) is 14.9. The largest absolute Gasteiger partial charge is 0.368 e. The lowest BCUT2D eigenvalue weighted by Gasteiger charge is -2.37. The summed E-state index contributed by atoms with van der Waals surface area (Å²) >= 11 is 0. The molecule has 1 saturated heterocycles. The Morgan fingerprint density at radius 3 is 2.48 bits per heavy atom. The molecule has 0 aliphatic carbocycles. The van der Waals surface area contributed by atoms with E-state index in [0.29, 0.717) is 0 Å². The van der Waals surface area contributed by atoms with E-state index in [2.05, 4.69) is 68.7 Å². The standard InChI is InChI=1S/C18H26N6.HI/c1-16-14-21-24(15-16)9-8-20-18(19-2)23-12-10-22(11-13-23)17-6-4-3-5-7-17;/h3-7,14-15H,8-13H2,1-2H3,(H,19,20);1H. The summed E-state index contributed by atoms with van der Waals surface area (Å²) in [6, 6.07) is 10.6. The molecule has 1 aliphatic rings. The van der Waals surface area contributed by atoms with Crippen molar-refractivity contribution in [2.75, 3.05) is 44.7 Å². The lowest BCUT2D eigenvalue weighted by atomic mass is 10.2. The molecular formula is C18H27IN6. The number of piperazine rings is 1. The topological polar surface area (TPSA) is 48.7 Å². The Labute approximate surface area is 166 Å². The van der Waals surface area contributed by atoms with Gasteiger partial charge in [-0.1, -0.05) is 18.2 Å². The van der Waals surface area contributed by atoms with Crippen LogP contribution in [0.25, 0.3) is 0 Å². The molecule has 1 aliphatic heterocycles. The van der Waals surface area contributed by atoms with Crippen molar-refractivity contribution in [3.8, 4) is 0 Å². The molecule has 0 amide bonds. The molecule has 0 radical (unpaired) electrons. The SMILES string of the molecule is CN=C(NCCn1cc(C)cn1)N1CCN(c2ccccc2)CC1.I. The van der Waals surface area contributed by atoms with Crippen LogP contribution in [0, 0.1) is 6.92 Å². The molecule has 2 heterocycles. The van der Waals surface area contributed by atoms with E-state index in [1.54, 1.807) is 0 Å². The Morgan fingerprint density at radius 1 is 1.16 bits per heavy atom. The summed E-state index contributed by atoms with van der Waals surface area (Å²) in [5.41, 5.74) is 2.49. The number of guanidine groups is 1. The number of aromatic nitrogens is 2. The van der Waals surface area contributed by atoms with Crippen molar-refractivity contribution < 1.29 is 0 Å². The third kappa shape index (κ3) is 5.35. The first kappa shape index (κ1) is 19.6. The van der Waals surface area contributed by atoms with Crippen LogP contribution in [0.1, 0.15) is 5.56 Å². The molecule has 136 valence electrons. The zero-order chi connectivity index (χ0) is 16.8. The molecule has 1 fully saturated rings. The number of hydrogen-bond acceptors (Lipinski definition) is 3. The van der Waals surface area contributed by atoms with Crippen molar-refractivity contribution in [1.82, 2.24) is 20.0 Å². The van der Waals surface area contributed by atoms with E-state index in [1.165, 1.54) is 11.3 Å². The minimum Gasteiger partial charge on any atom is -0.368 e. The first-order valence-electron chi connectivity index (χ1n) is 8.51. The molecule has 3 rings (SSSR count). The second kappa shape index (κ2) is 9.65. The number of nitrogens with one attached hydrogen (secondary N) is 1. The van der Waals surface area contributed by atoms with Crippen molar-refractivity contribution in [1.29, 1.82) is 0 Å². The first-order valence-corrected chi connectivity index (χ1v) is 8.51. The maximum Gasteiger partial charge on any atom is 0.193 e. The normalized spacial score (nSPS) is 15.0. The van der Waals surface area contributed by atoms with Gasteiger partial charge in [-0.2, -0.15) is 5.10 Å². The van der Waals surface area contributed by atoms with Crippen LogP contribution < -0.4 is 10.2 Å². The van der Waals surface area contributed by atoms with Gasteiger partial charge in [0, 0.05) is 51.7 Å². The second-order valence-electron chi connectivity index (χ2n) is 6.06. The van der Waals surface area contributed by atoms with Gasteiger partial charge in [-0.25, -0.2) is 0 Å². The minimum atomic E-state index is 0. The fourth-order valence-corrected chi connectivity index (χ4v) is 3.02. The maximum atomic E-state index is 4.43. The predicted octanol–water partition coefficient (Wildman–Crippen LogP) is 2.21. The van der Waals surface area contributed by atoms with Gasteiger partial charge in [-0.15, -0.1) is 24.0 Å². The Hall–Kier alpha value is -1.77. The van der Waals surface area contributed by atoms with Crippen molar-refractivity contribution in [3.63, 3.8) is 0 Å². The lowest BCUT2D eigenvalue weighted by Crippen LogP contribution is -2.52. The molecule has 0 spiro atoms. The van der Waals surface area contributed by atoms with Gasteiger partial charge >= 0.3 is 0 Å². The third-order valence-corrected chi connectivity index (χ3v) is 4.30. The summed E-state index contributed by atoms with van der Waals surface area (Å²) in [6.45, 7) is 7.72. The number of anilines is 1. The van der Waals surface area contributed by atoms with Crippen molar-refractivity contribution in [3.05, 3.63) is 48.3 Å². The number of nitrogens with zero attached hydrogens (tertiary/aromatic N) is 5. The molecule has 1 aromatic carbocycles. The highest BCUT2D eigenvalue weighted by Crippen LogP contribution is 2.15. The van der Waals surface area contributed by atoms with Crippen LogP contribution in [0.4, 0.5) is 5.69 Å². The lowest BCUT2D eigenvalue weighted by molar-refractivity contribution is 0.371. The number of halogens is 1. The molecule has 0 unspecified atom stereocenters. The van der Waals surface area contributed by atoms with Gasteiger partial charge in [-0.3, -0.25) is 9.67 Å². The Balaban J connectivity index is 0.00000225. The number of aryl methyl sites for hydroxylation is 1. The highest BCUT2D eigenvalue weighted by molar-refractivity contribution is 14.0. The van der Waals surface area contributed by atoms with Crippen molar-refractivity contribution >= 4 is 35.6 Å². The second-order valence-corrected chi connectivity index (χ2v) is 6.06. The molecule has 1 aromatic heterocycles. The predicted molar refractivity (Wildman–Crippen MR) is 114 cm³/mol. The van der Waals surface area contributed by atoms with E-state index < -0.39 is 0 Å². The summed E-state index contributed by atoms with van der Waals surface area (Å²) in [5, 5.41) is 7.76. The van der Waals surface area contributed by atoms with Gasteiger partial charge in [0.05, 0.1) is 12.7 Å². The number of aliphatic imine (C=N–C) groups is 1. The monoisotopic (exact) mass is 454 g/mol. The van der Waals surface area contributed by atoms with E-state index in [4.69, 9.17) is 0 Å². The number of benzene rings is 1. The highest BCUT2D eigenvalue weighted by atomic mass is 127. The maximum absolute atomic E-state index is 4.43. The minimum absolute atomic E-state index is 0. The van der Waals surface area contributed by atoms with Gasteiger partial charge in [0.1, 0.15) is 0 Å². The third-order valence-electron chi connectivity index (χ3n) is 4.30. The number of hydrogen-bond donors (Lipinski definition) is 1. The molecule has 25 heavy (non-hydrogen) atoms. The molecule has 7 heteroatoms. The molecule has 0 atom stereocenters. The van der Waals surface area contributed by atoms with E-state index in [9.17, 15) is 0 Å². The van der Waals surface area contributed by atoms with Gasteiger partial charge in [0.25, 0.3) is 0 Å². The van der Waals surface area contributed by atoms with Crippen LogP contribution in [0.2, 0.25) is 0 Å². The summed E-state index contributed by atoms with van der Waals surface area (Å²) in [7, 11) is 1.85. The zero-order valence-corrected chi connectivity index (χ0v) is 17.3. The van der Waals surface area contributed by atoms with Gasteiger partial charge in [0.2, 0.25) is 0 Å². The summed E-state index contributed by atoms with van der Waals surface area (Å²) in [6.07, 6.45) is 3.95. The van der Waals surface area contributed by atoms with Crippen LogP contribution in [-0.2, 0) is 6.54 Å². The molecule has 0 saturated carbocycles. The Morgan fingerprint density at radius 2 is 1.88 bits per heavy atom. The van der Waals surface area contributed by atoms with Crippen LogP contribution >= 0.6 is 24.0 Å². The number of para-hydroxylation sites is 1. The fourth-order valence-electron chi connectivity index (χ4n) is 3.02. The van der Waals surface area contributed by atoms with Crippen LogP contribution in [0.3, 0.4) is 0 Å². The molecule has 1 N–H and O–H groups in total. The Bertz CT molecular complexity index is 661. The molecule has 6 nitrogen and oxygen atoms in total. The summed E-state index contributed by atoms with van der Waals surface area (Å²) < 4.78 is 1.96. The quantitative estimate of drug-likeness (QED) is 0.438. The Kier molecular flexibility index (Phi) is 7.54. The van der Waals surface area contributed by atoms with E-state index in [-0.39, 0.29) is 24.0 Å². The highest BCUT2D eigenvalue weighted by Gasteiger charge is 2.19. The fraction of sp³-hybridized carbons (Fsp3) is 0.444. The van der Waals surface area contributed by atoms with Crippen molar-refractivity contribution in [2.24, 2.45) is 4.99 Å². The first-order chi connectivity index (χ1) is 11.8. The summed E-state index contributed by atoms with van der Waals surface area (Å²) in [4.78, 5) is 9.18.